The molecule has 0 saturated heterocycles. The summed E-state index contributed by atoms with van der Waals surface area (Å²) >= 11 is 0. The second kappa shape index (κ2) is 10.7. The molecule has 6 nitrogen and oxygen atoms in total. The van der Waals surface area contributed by atoms with E-state index in [1.54, 1.807) is 42.5 Å². The van der Waals surface area contributed by atoms with Crippen molar-refractivity contribution in [1.29, 1.82) is 0 Å². The van der Waals surface area contributed by atoms with Crippen molar-refractivity contribution < 1.29 is 20.4 Å². The Labute approximate surface area is 178 Å². The molecule has 1 unspecified atom stereocenters. The predicted molar refractivity (Wildman–Crippen MR) is 122 cm³/mol. The number of hydrogen-bond donors (Lipinski definition) is 4. The highest BCUT2D eigenvalue weighted by molar-refractivity contribution is 5.62. The van der Waals surface area contributed by atoms with Crippen LogP contribution in [0.1, 0.15) is 24.5 Å². The second-order valence-electron chi connectivity index (χ2n) is 7.39. The molecule has 6 heteroatoms. The number of aliphatic hydroxyl groups excluding tert-OH is 2. The molecule has 2 rings (SSSR count). The molecule has 0 amide bonds. The van der Waals surface area contributed by atoms with Crippen molar-refractivity contribution in [3.63, 3.8) is 0 Å². The van der Waals surface area contributed by atoms with Crippen molar-refractivity contribution in [2.75, 3.05) is 23.9 Å². The van der Waals surface area contributed by atoms with Crippen LogP contribution in [0.5, 0.6) is 11.5 Å². The summed E-state index contributed by atoms with van der Waals surface area (Å²) in [5.41, 5.74) is 2.61. The summed E-state index contributed by atoms with van der Waals surface area (Å²) in [5.74, 6) is 0.209. The number of phenols is 2. The number of rotatable bonds is 10. The van der Waals surface area contributed by atoms with E-state index in [4.69, 9.17) is 0 Å². The van der Waals surface area contributed by atoms with Crippen LogP contribution in [0.25, 0.3) is 0 Å². The minimum absolute atomic E-state index is 0.0472. The van der Waals surface area contributed by atoms with Crippen LogP contribution in [0.3, 0.4) is 0 Å². The highest BCUT2D eigenvalue weighted by Crippen LogP contribution is 2.34. The van der Waals surface area contributed by atoms with Crippen LogP contribution in [0, 0.1) is 0 Å². The monoisotopic (exact) mass is 412 g/mol. The lowest BCUT2D eigenvalue weighted by Gasteiger charge is -2.40. The lowest BCUT2D eigenvalue weighted by Crippen LogP contribution is -2.48. The molecule has 0 saturated carbocycles. The van der Waals surface area contributed by atoms with Gasteiger partial charge in [0.2, 0.25) is 0 Å². The molecule has 0 heterocycles. The van der Waals surface area contributed by atoms with Crippen molar-refractivity contribution in [1.82, 2.24) is 0 Å². The fraction of sp³-hybridized carbons (Fsp3) is 0.333. The van der Waals surface area contributed by atoms with Gasteiger partial charge in [0.25, 0.3) is 0 Å². The third-order valence-electron chi connectivity index (χ3n) is 5.52. The molecule has 0 bridgehead atoms. The number of likely N-dealkylation sites (N-methyl/N-ethyl adjacent to an activating group) is 2. The van der Waals surface area contributed by atoms with Crippen LogP contribution in [-0.2, 0) is 13.2 Å². The molecule has 0 aliphatic carbocycles. The number of aromatic hydroxyl groups is 2. The Morgan fingerprint density at radius 2 is 1.40 bits per heavy atom. The van der Waals surface area contributed by atoms with E-state index in [0.29, 0.717) is 28.9 Å². The van der Waals surface area contributed by atoms with E-state index in [1.165, 1.54) is 0 Å². The molecule has 0 fully saturated rings. The molecule has 0 aliphatic rings. The fourth-order valence-corrected chi connectivity index (χ4v) is 3.58. The Balaban J connectivity index is 2.37. The molecular formula is C24H32N2O4. The highest BCUT2D eigenvalue weighted by Gasteiger charge is 2.27. The zero-order chi connectivity index (χ0) is 22.3. The minimum Gasteiger partial charge on any atom is -0.506 e. The van der Waals surface area contributed by atoms with Crippen LogP contribution < -0.4 is 9.80 Å². The standard InChI is InChI=1S/C24H32N2O4/c1-5-6-7-8-20(26(4)22-12-10-19(16-28)14-24(22)30)17(2)25(3)21-11-9-18(15-27)13-23(21)29/h5-7,9-14,17,20,27-30H,1,8,15-16H2,2-4H3/b7-6-/t17-,20?/m1/s1. The molecule has 2 aromatic carbocycles. The van der Waals surface area contributed by atoms with E-state index in [2.05, 4.69) is 13.5 Å². The van der Waals surface area contributed by atoms with Gasteiger partial charge in [0.15, 0.2) is 0 Å². The average molecular weight is 413 g/mol. The number of hydrogen-bond acceptors (Lipinski definition) is 6. The van der Waals surface area contributed by atoms with Gasteiger partial charge in [0, 0.05) is 20.1 Å². The number of nitrogens with zero attached hydrogens (tertiary/aromatic N) is 2. The van der Waals surface area contributed by atoms with Gasteiger partial charge in [0.05, 0.1) is 30.6 Å². The first-order valence-electron chi connectivity index (χ1n) is 9.92. The van der Waals surface area contributed by atoms with Gasteiger partial charge in [-0.25, -0.2) is 0 Å². The third-order valence-corrected chi connectivity index (χ3v) is 5.52. The first kappa shape index (κ1) is 23.3. The molecule has 2 aromatic rings. The van der Waals surface area contributed by atoms with Crippen LogP contribution in [-0.4, -0.2) is 46.6 Å². The quantitative estimate of drug-likeness (QED) is 0.447. The number of allylic oxidation sites excluding steroid dienone is 2. The second-order valence-corrected chi connectivity index (χ2v) is 7.39. The topological polar surface area (TPSA) is 87.4 Å². The summed E-state index contributed by atoms with van der Waals surface area (Å²) in [5, 5.41) is 39.5. The van der Waals surface area contributed by atoms with Gasteiger partial charge < -0.3 is 30.2 Å². The molecule has 162 valence electrons. The van der Waals surface area contributed by atoms with Crippen molar-refractivity contribution in [2.24, 2.45) is 0 Å². The van der Waals surface area contributed by atoms with Crippen LogP contribution >= 0.6 is 0 Å². The summed E-state index contributed by atoms with van der Waals surface area (Å²) in [6, 6.07) is 10.2. The third kappa shape index (κ3) is 5.34. The largest absolute Gasteiger partial charge is 0.506 e. The van der Waals surface area contributed by atoms with E-state index in [-0.39, 0.29) is 36.8 Å². The van der Waals surface area contributed by atoms with Gasteiger partial charge in [-0.1, -0.05) is 36.9 Å². The zero-order valence-electron chi connectivity index (χ0n) is 17.9. The van der Waals surface area contributed by atoms with Gasteiger partial charge in [-0.05, 0) is 48.7 Å². The Morgan fingerprint density at radius 3 is 1.83 bits per heavy atom. The summed E-state index contributed by atoms with van der Waals surface area (Å²) in [4.78, 5) is 3.99. The van der Waals surface area contributed by atoms with Gasteiger partial charge in [-0.3, -0.25) is 0 Å². The zero-order valence-corrected chi connectivity index (χ0v) is 17.9. The van der Waals surface area contributed by atoms with Crippen molar-refractivity contribution in [3.05, 3.63) is 72.3 Å². The first-order chi connectivity index (χ1) is 14.3. The van der Waals surface area contributed by atoms with Crippen LogP contribution in [0.2, 0.25) is 0 Å². The van der Waals surface area contributed by atoms with E-state index in [9.17, 15) is 20.4 Å². The first-order valence-corrected chi connectivity index (χ1v) is 9.92. The Hall–Kier alpha value is -2.96. The lowest BCUT2D eigenvalue weighted by molar-refractivity contribution is 0.281. The summed E-state index contributed by atoms with van der Waals surface area (Å²) in [6.07, 6.45) is 6.31. The highest BCUT2D eigenvalue weighted by atomic mass is 16.3. The summed E-state index contributed by atoms with van der Waals surface area (Å²) in [6.45, 7) is 5.51. The van der Waals surface area contributed by atoms with Crippen molar-refractivity contribution in [2.45, 2.75) is 38.6 Å². The molecule has 0 aromatic heterocycles. The maximum Gasteiger partial charge on any atom is 0.139 e. The molecule has 0 spiro atoms. The van der Waals surface area contributed by atoms with E-state index in [1.807, 2.05) is 36.0 Å². The molecule has 30 heavy (non-hydrogen) atoms. The summed E-state index contributed by atoms with van der Waals surface area (Å²) < 4.78 is 0. The van der Waals surface area contributed by atoms with Crippen LogP contribution in [0.15, 0.2) is 61.2 Å². The molecular weight excluding hydrogens is 380 g/mol. The fourth-order valence-electron chi connectivity index (χ4n) is 3.58. The Morgan fingerprint density at radius 1 is 0.900 bits per heavy atom. The molecule has 2 atom stereocenters. The SMILES string of the molecule is C=C/C=C\CC([C@@H](C)N(C)c1ccc(CO)cc1O)N(C)c1ccc(CO)cc1O. The number of benzene rings is 2. The maximum absolute atomic E-state index is 10.5. The lowest BCUT2D eigenvalue weighted by atomic mass is 10.0. The van der Waals surface area contributed by atoms with Gasteiger partial charge in [0.1, 0.15) is 11.5 Å². The number of phenolic OH excluding ortho intramolecular Hbond substituents is 2. The van der Waals surface area contributed by atoms with E-state index >= 15 is 0 Å². The molecule has 4 N–H and O–H groups in total. The van der Waals surface area contributed by atoms with E-state index in [0.717, 1.165) is 0 Å². The Bertz CT molecular complexity index is 882. The normalized spacial score (nSPS) is 13.2. The number of anilines is 2. The smallest absolute Gasteiger partial charge is 0.139 e. The molecule has 0 radical (unpaired) electrons. The van der Waals surface area contributed by atoms with Crippen molar-refractivity contribution in [3.8, 4) is 11.5 Å². The van der Waals surface area contributed by atoms with Gasteiger partial charge >= 0.3 is 0 Å². The average Bonchev–Trinajstić information content (AvgIpc) is 2.75. The Kier molecular flexibility index (Phi) is 8.33. The van der Waals surface area contributed by atoms with Crippen molar-refractivity contribution >= 4 is 11.4 Å². The maximum atomic E-state index is 10.5. The van der Waals surface area contributed by atoms with E-state index < -0.39 is 0 Å². The van der Waals surface area contributed by atoms with Crippen LogP contribution in [0.4, 0.5) is 11.4 Å². The minimum atomic E-state index is -0.134. The van der Waals surface area contributed by atoms with Gasteiger partial charge in [-0.15, -0.1) is 0 Å². The van der Waals surface area contributed by atoms with Gasteiger partial charge in [-0.2, -0.15) is 0 Å². The molecule has 0 aliphatic heterocycles. The number of aliphatic hydroxyl groups is 2. The predicted octanol–water partition coefficient (Wildman–Crippen LogP) is 3.54. The summed E-state index contributed by atoms with van der Waals surface area (Å²) in [7, 11) is 3.82.